The number of ether oxygens (including phenoxy) is 1. The van der Waals surface area contributed by atoms with Crippen molar-refractivity contribution in [3.05, 3.63) is 35.9 Å². The van der Waals surface area contributed by atoms with Gasteiger partial charge < -0.3 is 14.7 Å². The van der Waals surface area contributed by atoms with Crippen LogP contribution < -0.4 is 0 Å². The molecular formula is C16H17NO7S. The maximum atomic E-state index is 12.7. The van der Waals surface area contributed by atoms with Gasteiger partial charge in [-0.05, 0) is 26.0 Å². The third kappa shape index (κ3) is 2.33. The fourth-order valence-electron chi connectivity index (χ4n) is 3.39. The first-order valence-corrected chi connectivity index (χ1v) is 9.16. The van der Waals surface area contributed by atoms with Crippen LogP contribution in [0.2, 0.25) is 0 Å². The number of carboxylic acid groups (broad SMARTS) is 1. The number of fused-ring (bicyclic) bond motifs is 1. The van der Waals surface area contributed by atoms with Crippen molar-refractivity contribution in [2.45, 2.75) is 30.0 Å². The molecule has 9 heteroatoms. The van der Waals surface area contributed by atoms with Crippen LogP contribution in [0, 0.1) is 5.92 Å². The minimum Gasteiger partial charge on any atom is -0.480 e. The molecule has 1 aromatic carbocycles. The minimum atomic E-state index is -3.92. The lowest BCUT2D eigenvalue weighted by Gasteiger charge is -2.42. The predicted molar refractivity (Wildman–Crippen MR) is 85.3 cm³/mol. The van der Waals surface area contributed by atoms with Gasteiger partial charge in [-0.2, -0.15) is 0 Å². The lowest BCUT2D eigenvalue weighted by atomic mass is 9.92. The second-order valence-electron chi connectivity index (χ2n) is 6.60. The Bertz CT molecular complexity index is 846. The van der Waals surface area contributed by atoms with Gasteiger partial charge in [-0.25, -0.2) is 18.0 Å². The number of aliphatic carboxylic acids is 1. The van der Waals surface area contributed by atoms with E-state index < -0.39 is 56.4 Å². The van der Waals surface area contributed by atoms with Gasteiger partial charge in [-0.1, -0.05) is 18.2 Å². The van der Waals surface area contributed by atoms with Crippen LogP contribution in [0.25, 0.3) is 0 Å². The Morgan fingerprint density at radius 3 is 2.40 bits per heavy atom. The summed E-state index contributed by atoms with van der Waals surface area (Å²) in [6.07, 6.45) is 0. The summed E-state index contributed by atoms with van der Waals surface area (Å²) in [5.41, 5.74) is 0.282. The van der Waals surface area contributed by atoms with Crippen molar-refractivity contribution in [3.63, 3.8) is 0 Å². The molecule has 2 fully saturated rings. The molecule has 3 rings (SSSR count). The Labute approximate surface area is 144 Å². The van der Waals surface area contributed by atoms with Crippen molar-refractivity contribution >= 4 is 27.7 Å². The molecular weight excluding hydrogens is 350 g/mol. The zero-order valence-electron chi connectivity index (χ0n) is 13.6. The molecule has 8 nitrogen and oxygen atoms in total. The molecule has 2 aliphatic rings. The van der Waals surface area contributed by atoms with Crippen molar-refractivity contribution in [1.29, 1.82) is 0 Å². The van der Waals surface area contributed by atoms with E-state index in [0.29, 0.717) is 0 Å². The lowest BCUT2D eigenvalue weighted by molar-refractivity contribution is -0.165. The van der Waals surface area contributed by atoms with Crippen LogP contribution in [0.4, 0.5) is 0 Å². The number of rotatable bonds is 4. The summed E-state index contributed by atoms with van der Waals surface area (Å²) in [6, 6.07) is 6.64. The molecule has 2 heterocycles. The minimum absolute atomic E-state index is 0.282. The van der Waals surface area contributed by atoms with Gasteiger partial charge in [-0.3, -0.25) is 4.79 Å². The van der Waals surface area contributed by atoms with E-state index in [9.17, 15) is 27.9 Å². The zero-order chi connectivity index (χ0) is 18.6. The molecule has 25 heavy (non-hydrogen) atoms. The van der Waals surface area contributed by atoms with Crippen LogP contribution in [0.5, 0.6) is 0 Å². The van der Waals surface area contributed by atoms with Gasteiger partial charge in [0.2, 0.25) is 5.91 Å². The standard InChI is InChI=1S/C16H17NO7S/c1-16(2)11(14(19)20)17-12(18)10(13(17)25(16,22)23)8-24-15(21)9-6-4-3-5-7-9/h3-7,10-11,13H,8H2,1-2H3,(H,19,20)/t10-,11+,13-/m1/s1. The molecule has 1 amide bonds. The fraction of sp³-hybridized carbons (Fsp3) is 0.438. The van der Waals surface area contributed by atoms with E-state index in [4.69, 9.17) is 4.74 Å². The summed E-state index contributed by atoms with van der Waals surface area (Å²) in [5, 5.41) is 8.05. The van der Waals surface area contributed by atoms with Crippen LogP contribution >= 0.6 is 0 Å². The van der Waals surface area contributed by atoms with E-state index in [2.05, 4.69) is 0 Å². The first kappa shape index (κ1) is 17.4. The Balaban J connectivity index is 1.79. The summed E-state index contributed by atoms with van der Waals surface area (Å²) < 4.78 is 28.8. The van der Waals surface area contributed by atoms with E-state index in [1.807, 2.05) is 0 Å². The molecule has 1 N–H and O–H groups in total. The maximum absolute atomic E-state index is 12.7. The largest absolute Gasteiger partial charge is 0.480 e. The van der Waals surface area contributed by atoms with Crippen molar-refractivity contribution in [2.24, 2.45) is 5.92 Å². The van der Waals surface area contributed by atoms with Crippen LogP contribution in [-0.4, -0.2) is 59.0 Å². The second kappa shape index (κ2) is 5.55. The topological polar surface area (TPSA) is 118 Å². The van der Waals surface area contributed by atoms with Crippen molar-refractivity contribution in [3.8, 4) is 0 Å². The molecule has 2 saturated heterocycles. The summed E-state index contributed by atoms with van der Waals surface area (Å²) >= 11 is 0. The van der Waals surface area contributed by atoms with Crippen LogP contribution in [-0.2, 0) is 24.2 Å². The second-order valence-corrected chi connectivity index (χ2v) is 9.22. The molecule has 3 atom stereocenters. The van der Waals surface area contributed by atoms with Crippen LogP contribution in [0.1, 0.15) is 24.2 Å². The highest BCUT2D eigenvalue weighted by Crippen LogP contribution is 2.48. The van der Waals surface area contributed by atoms with Crippen molar-refractivity contribution in [2.75, 3.05) is 6.61 Å². The Hall–Kier alpha value is -2.42. The fourth-order valence-corrected chi connectivity index (χ4v) is 5.69. The number of esters is 1. The molecule has 0 bridgehead atoms. The Morgan fingerprint density at radius 1 is 1.24 bits per heavy atom. The SMILES string of the molecule is CC1(C)[C@H](C(=O)O)N2C(=O)[C@@H](COC(=O)c3ccccc3)[C@H]2S1(=O)=O. The van der Waals surface area contributed by atoms with E-state index in [0.717, 1.165) is 4.90 Å². The van der Waals surface area contributed by atoms with Gasteiger partial charge in [0.25, 0.3) is 0 Å². The average molecular weight is 367 g/mol. The van der Waals surface area contributed by atoms with Crippen molar-refractivity contribution < 1.29 is 32.6 Å². The van der Waals surface area contributed by atoms with E-state index in [-0.39, 0.29) is 5.56 Å². The quantitative estimate of drug-likeness (QED) is 0.600. The number of sulfone groups is 1. The van der Waals surface area contributed by atoms with Gasteiger partial charge in [0.15, 0.2) is 15.2 Å². The average Bonchev–Trinajstić information content (AvgIpc) is 2.69. The Kier molecular flexibility index (Phi) is 3.86. The normalized spacial score (nSPS) is 28.8. The summed E-state index contributed by atoms with van der Waals surface area (Å²) in [4.78, 5) is 36.6. The van der Waals surface area contributed by atoms with Gasteiger partial charge in [0.1, 0.15) is 18.6 Å². The Morgan fingerprint density at radius 2 is 1.84 bits per heavy atom. The van der Waals surface area contributed by atoms with Crippen molar-refractivity contribution in [1.82, 2.24) is 4.90 Å². The van der Waals surface area contributed by atoms with Gasteiger partial charge in [0.05, 0.1) is 10.3 Å². The molecule has 134 valence electrons. The third-order valence-corrected chi connectivity index (χ3v) is 7.70. The first-order chi connectivity index (χ1) is 11.6. The van der Waals surface area contributed by atoms with Gasteiger partial charge >= 0.3 is 11.9 Å². The molecule has 0 spiro atoms. The summed E-state index contributed by atoms with van der Waals surface area (Å²) in [7, 11) is -3.92. The zero-order valence-corrected chi connectivity index (χ0v) is 14.4. The smallest absolute Gasteiger partial charge is 0.338 e. The number of carbonyl (C=O) groups excluding carboxylic acids is 2. The van der Waals surface area contributed by atoms with Gasteiger partial charge in [0, 0.05) is 0 Å². The first-order valence-electron chi connectivity index (χ1n) is 7.61. The third-order valence-electron chi connectivity index (χ3n) is 4.82. The number of carbonyl (C=O) groups is 3. The number of nitrogens with zero attached hydrogens (tertiary/aromatic N) is 1. The van der Waals surface area contributed by atoms with E-state index in [1.54, 1.807) is 18.2 Å². The molecule has 0 aromatic heterocycles. The highest BCUT2D eigenvalue weighted by atomic mass is 32.2. The maximum Gasteiger partial charge on any atom is 0.338 e. The highest BCUT2D eigenvalue weighted by molar-refractivity contribution is 7.93. The van der Waals surface area contributed by atoms with Crippen LogP contribution in [0.3, 0.4) is 0 Å². The molecule has 0 radical (unpaired) electrons. The number of hydrogen-bond donors (Lipinski definition) is 1. The monoisotopic (exact) mass is 367 g/mol. The van der Waals surface area contributed by atoms with Crippen LogP contribution in [0.15, 0.2) is 30.3 Å². The molecule has 2 aliphatic heterocycles. The molecule has 0 saturated carbocycles. The lowest BCUT2D eigenvalue weighted by Crippen LogP contribution is -2.64. The number of amides is 1. The predicted octanol–water partition coefficient (Wildman–Crippen LogP) is 0.288. The number of β-lactam (4-membered cyclic amide) rings is 1. The summed E-state index contributed by atoms with van der Waals surface area (Å²) in [5.74, 6) is -3.76. The van der Waals surface area contributed by atoms with E-state index >= 15 is 0 Å². The van der Waals surface area contributed by atoms with E-state index in [1.165, 1.54) is 26.0 Å². The molecule has 1 aromatic rings. The van der Waals surface area contributed by atoms with Gasteiger partial charge in [-0.15, -0.1) is 0 Å². The highest BCUT2D eigenvalue weighted by Gasteiger charge is 2.72. The number of carboxylic acids is 1. The molecule has 0 aliphatic carbocycles. The number of benzene rings is 1. The molecule has 0 unspecified atom stereocenters. The summed E-state index contributed by atoms with van der Waals surface area (Å²) in [6.45, 7) is 2.18. The number of hydrogen-bond acceptors (Lipinski definition) is 6.